The second kappa shape index (κ2) is 8.78. The van der Waals surface area contributed by atoms with Crippen LogP contribution in [-0.4, -0.2) is 55.4 Å². The van der Waals surface area contributed by atoms with E-state index in [1.807, 2.05) is 54.6 Å². The molecule has 4 rings (SSSR count). The summed E-state index contributed by atoms with van der Waals surface area (Å²) in [6, 6.07) is 17.7. The molecule has 2 aliphatic rings. The van der Waals surface area contributed by atoms with E-state index >= 15 is 0 Å². The van der Waals surface area contributed by atoms with E-state index < -0.39 is 24.2 Å². The Kier molecular flexibility index (Phi) is 6.09. The molecule has 5 nitrogen and oxygen atoms in total. The number of halogens is 3. The van der Waals surface area contributed by atoms with Crippen molar-refractivity contribution in [2.75, 3.05) is 37.7 Å². The lowest BCUT2D eigenvalue weighted by Gasteiger charge is -2.47. The van der Waals surface area contributed by atoms with E-state index in [-0.39, 0.29) is 13.2 Å². The molecule has 2 fully saturated rings. The Hall–Kier alpha value is -2.74. The number of hydrogen-bond acceptors (Lipinski definition) is 4. The van der Waals surface area contributed by atoms with Crippen LogP contribution in [0.3, 0.4) is 0 Å². The number of ether oxygens (including phenoxy) is 2. The van der Waals surface area contributed by atoms with Gasteiger partial charge >= 0.3 is 6.18 Å². The summed E-state index contributed by atoms with van der Waals surface area (Å²) in [6.45, 7) is 0.285. The summed E-state index contributed by atoms with van der Waals surface area (Å²) in [5.41, 5.74) is 1.42. The maximum absolute atomic E-state index is 12.8. The minimum atomic E-state index is -4.40. The monoisotopic (exact) mass is 434 g/mol. The van der Waals surface area contributed by atoms with Crippen molar-refractivity contribution in [2.24, 2.45) is 0 Å². The molecule has 2 heterocycles. The maximum atomic E-state index is 12.8. The minimum absolute atomic E-state index is 0.00848. The highest BCUT2D eigenvalue weighted by Crippen LogP contribution is 2.34. The average molecular weight is 434 g/mol. The van der Waals surface area contributed by atoms with E-state index in [1.165, 1.54) is 0 Å². The summed E-state index contributed by atoms with van der Waals surface area (Å²) in [6.07, 6.45) is -3.26. The highest BCUT2D eigenvalue weighted by molar-refractivity contribution is 5.78. The third kappa shape index (κ3) is 5.50. The molecule has 0 N–H and O–H groups in total. The van der Waals surface area contributed by atoms with Gasteiger partial charge in [0.1, 0.15) is 25.5 Å². The molecular formula is C23H25F3N2O3. The molecule has 2 aliphatic heterocycles. The normalized spacial score (nSPS) is 19.0. The summed E-state index contributed by atoms with van der Waals surface area (Å²) >= 11 is 0. The zero-order valence-corrected chi connectivity index (χ0v) is 17.1. The van der Waals surface area contributed by atoms with Gasteiger partial charge < -0.3 is 19.3 Å². The van der Waals surface area contributed by atoms with Crippen molar-refractivity contribution < 1.29 is 27.4 Å². The Labute approximate surface area is 179 Å². The van der Waals surface area contributed by atoms with Gasteiger partial charge in [-0.25, -0.2) is 0 Å². The van der Waals surface area contributed by atoms with Crippen LogP contribution in [0.4, 0.5) is 18.9 Å². The van der Waals surface area contributed by atoms with Crippen molar-refractivity contribution in [2.45, 2.75) is 31.2 Å². The molecule has 166 valence electrons. The molecule has 0 bridgehead atoms. The highest BCUT2D eigenvalue weighted by Gasteiger charge is 2.45. The first-order valence-corrected chi connectivity index (χ1v) is 10.3. The van der Waals surface area contributed by atoms with E-state index in [9.17, 15) is 18.0 Å². The van der Waals surface area contributed by atoms with E-state index in [4.69, 9.17) is 9.47 Å². The first-order chi connectivity index (χ1) is 14.8. The number of morpholine rings is 1. The minimum Gasteiger partial charge on any atom is -0.489 e. The summed E-state index contributed by atoms with van der Waals surface area (Å²) in [5.74, 6) is 0.175. The molecule has 2 aromatic carbocycles. The molecule has 31 heavy (non-hydrogen) atoms. The predicted octanol–water partition coefficient (Wildman–Crippen LogP) is 4.03. The SMILES string of the molecule is O=C1COC2(CCN(c3ccc(OCc4ccccc4)cc3)CC2)CN1CC(F)(F)F. The van der Waals surface area contributed by atoms with Gasteiger partial charge in [-0.05, 0) is 42.7 Å². The van der Waals surface area contributed by atoms with Crippen LogP contribution in [-0.2, 0) is 16.1 Å². The fourth-order valence-electron chi connectivity index (χ4n) is 4.12. The van der Waals surface area contributed by atoms with E-state index in [2.05, 4.69) is 4.90 Å². The van der Waals surface area contributed by atoms with Crippen LogP contribution in [0.25, 0.3) is 0 Å². The van der Waals surface area contributed by atoms with Crippen molar-refractivity contribution in [3.8, 4) is 5.75 Å². The van der Waals surface area contributed by atoms with Crippen molar-refractivity contribution >= 4 is 11.6 Å². The lowest BCUT2D eigenvalue weighted by atomic mass is 9.89. The largest absolute Gasteiger partial charge is 0.489 e. The van der Waals surface area contributed by atoms with Crippen LogP contribution < -0.4 is 9.64 Å². The summed E-state index contributed by atoms with van der Waals surface area (Å²) < 4.78 is 49.9. The quantitative estimate of drug-likeness (QED) is 0.713. The van der Waals surface area contributed by atoms with Gasteiger partial charge in [0, 0.05) is 18.8 Å². The molecular weight excluding hydrogens is 409 g/mol. The van der Waals surface area contributed by atoms with Crippen LogP contribution in [0.5, 0.6) is 5.75 Å². The van der Waals surface area contributed by atoms with Gasteiger partial charge in [-0.15, -0.1) is 0 Å². The molecule has 0 saturated carbocycles. The van der Waals surface area contributed by atoms with Crippen LogP contribution in [0.15, 0.2) is 54.6 Å². The van der Waals surface area contributed by atoms with Gasteiger partial charge in [0.15, 0.2) is 0 Å². The van der Waals surface area contributed by atoms with Gasteiger partial charge in [0.2, 0.25) is 5.91 Å². The van der Waals surface area contributed by atoms with Crippen molar-refractivity contribution in [3.63, 3.8) is 0 Å². The number of carbonyl (C=O) groups excluding carboxylic acids is 1. The second-order valence-electron chi connectivity index (χ2n) is 8.09. The second-order valence-corrected chi connectivity index (χ2v) is 8.09. The smallest absolute Gasteiger partial charge is 0.406 e. The lowest BCUT2D eigenvalue weighted by molar-refractivity contribution is -0.191. The number of anilines is 1. The maximum Gasteiger partial charge on any atom is 0.406 e. The van der Waals surface area contributed by atoms with Gasteiger partial charge in [0.05, 0.1) is 12.1 Å². The lowest BCUT2D eigenvalue weighted by Crippen LogP contribution is -2.60. The van der Waals surface area contributed by atoms with Gasteiger partial charge in [0.25, 0.3) is 0 Å². The molecule has 0 unspecified atom stereocenters. The zero-order chi connectivity index (χ0) is 21.9. The van der Waals surface area contributed by atoms with Gasteiger partial charge in [-0.2, -0.15) is 13.2 Å². The summed E-state index contributed by atoms with van der Waals surface area (Å²) in [7, 11) is 0. The number of nitrogens with zero attached hydrogens (tertiary/aromatic N) is 2. The zero-order valence-electron chi connectivity index (χ0n) is 17.1. The number of amides is 1. The van der Waals surface area contributed by atoms with Gasteiger partial charge in [-0.3, -0.25) is 4.79 Å². The molecule has 1 spiro atoms. The Morgan fingerprint density at radius 2 is 1.68 bits per heavy atom. The molecule has 0 atom stereocenters. The first kappa shape index (κ1) is 21.5. The Bertz CT molecular complexity index is 879. The Morgan fingerprint density at radius 3 is 2.32 bits per heavy atom. The number of benzene rings is 2. The molecule has 0 aromatic heterocycles. The van der Waals surface area contributed by atoms with Crippen LogP contribution in [0.2, 0.25) is 0 Å². The topological polar surface area (TPSA) is 42.0 Å². The first-order valence-electron chi connectivity index (χ1n) is 10.3. The number of hydrogen-bond donors (Lipinski definition) is 0. The molecule has 1 amide bonds. The van der Waals surface area contributed by atoms with E-state index in [0.717, 1.165) is 21.9 Å². The van der Waals surface area contributed by atoms with E-state index in [1.54, 1.807) is 0 Å². The molecule has 0 radical (unpaired) electrons. The highest BCUT2D eigenvalue weighted by atomic mass is 19.4. The van der Waals surface area contributed by atoms with Crippen molar-refractivity contribution in [1.29, 1.82) is 0 Å². The number of piperidine rings is 1. The van der Waals surface area contributed by atoms with Crippen LogP contribution in [0, 0.1) is 0 Å². The van der Waals surface area contributed by atoms with Crippen molar-refractivity contribution in [3.05, 3.63) is 60.2 Å². The standard InChI is InChI=1S/C23H25F3N2O3/c24-23(25,26)17-28-16-22(31-15-21(28)29)10-12-27(13-11-22)19-6-8-20(9-7-19)30-14-18-4-2-1-3-5-18/h1-9H,10-17H2. The number of alkyl halides is 3. The Balaban J connectivity index is 1.31. The third-order valence-corrected chi connectivity index (χ3v) is 5.83. The predicted molar refractivity (Wildman–Crippen MR) is 110 cm³/mol. The number of rotatable bonds is 5. The Morgan fingerprint density at radius 1 is 1.00 bits per heavy atom. The third-order valence-electron chi connectivity index (χ3n) is 5.83. The molecule has 2 saturated heterocycles. The fourth-order valence-corrected chi connectivity index (χ4v) is 4.12. The molecule has 2 aromatic rings. The van der Waals surface area contributed by atoms with Crippen LogP contribution >= 0.6 is 0 Å². The van der Waals surface area contributed by atoms with Crippen LogP contribution in [0.1, 0.15) is 18.4 Å². The number of carbonyl (C=O) groups is 1. The molecule has 8 heteroatoms. The average Bonchev–Trinajstić information content (AvgIpc) is 2.76. The summed E-state index contributed by atoms with van der Waals surface area (Å²) in [5, 5.41) is 0. The van der Waals surface area contributed by atoms with Gasteiger partial charge in [-0.1, -0.05) is 30.3 Å². The molecule has 0 aliphatic carbocycles. The fraction of sp³-hybridized carbons (Fsp3) is 0.435. The van der Waals surface area contributed by atoms with Crippen molar-refractivity contribution in [1.82, 2.24) is 4.90 Å². The van der Waals surface area contributed by atoms with E-state index in [0.29, 0.717) is 32.5 Å². The summed E-state index contributed by atoms with van der Waals surface area (Å²) in [4.78, 5) is 14.9.